The summed E-state index contributed by atoms with van der Waals surface area (Å²) in [6.45, 7) is 7.27. The van der Waals surface area contributed by atoms with Crippen LogP contribution in [0.2, 0.25) is 0 Å². The summed E-state index contributed by atoms with van der Waals surface area (Å²) in [5.74, 6) is 0.926. The monoisotopic (exact) mass is 367 g/mol. The predicted octanol–water partition coefficient (Wildman–Crippen LogP) is 2.11. The van der Waals surface area contributed by atoms with Crippen LogP contribution < -0.4 is 5.56 Å². The van der Waals surface area contributed by atoms with E-state index >= 15 is 0 Å². The van der Waals surface area contributed by atoms with Crippen LogP contribution in [0, 0.1) is 5.92 Å². The molecule has 0 bridgehead atoms. The highest BCUT2D eigenvalue weighted by Gasteiger charge is 2.22. The number of piperazine rings is 1. The minimum Gasteiger partial charge on any atom is -0.301 e. The Morgan fingerprint density at radius 1 is 0.889 bits per heavy atom. The summed E-state index contributed by atoms with van der Waals surface area (Å²) < 4.78 is 1.60. The van der Waals surface area contributed by atoms with E-state index in [1.807, 2.05) is 12.1 Å². The first-order valence-electron chi connectivity index (χ1n) is 10.2. The Bertz CT molecular complexity index is 777. The number of hydrogen-bond acceptors (Lipinski definition) is 5. The summed E-state index contributed by atoms with van der Waals surface area (Å²) in [5, 5.41) is 4.55. The molecule has 2 fully saturated rings. The first-order chi connectivity index (χ1) is 13.3. The molecule has 4 rings (SSSR count). The molecule has 2 aliphatic rings. The van der Waals surface area contributed by atoms with Crippen molar-refractivity contribution in [1.82, 2.24) is 24.6 Å². The minimum absolute atomic E-state index is 0.0346. The van der Waals surface area contributed by atoms with Gasteiger partial charge in [0.05, 0.1) is 12.2 Å². The van der Waals surface area contributed by atoms with E-state index in [9.17, 15) is 4.79 Å². The zero-order valence-electron chi connectivity index (χ0n) is 16.0. The molecule has 144 valence electrons. The van der Waals surface area contributed by atoms with Crippen molar-refractivity contribution >= 4 is 0 Å². The second-order valence-electron chi connectivity index (χ2n) is 7.81. The molecule has 1 aliphatic carbocycles. The van der Waals surface area contributed by atoms with Gasteiger partial charge < -0.3 is 4.90 Å². The summed E-state index contributed by atoms with van der Waals surface area (Å²) in [6, 6.07) is 7.24. The predicted molar refractivity (Wildman–Crippen MR) is 107 cm³/mol. The maximum absolute atomic E-state index is 12.2. The molecule has 27 heavy (non-hydrogen) atoms. The van der Waals surface area contributed by atoms with E-state index in [4.69, 9.17) is 0 Å². The van der Waals surface area contributed by atoms with Gasteiger partial charge in [0, 0.05) is 63.3 Å². The Balaban J connectivity index is 1.29. The van der Waals surface area contributed by atoms with E-state index < -0.39 is 0 Å². The third kappa shape index (κ3) is 4.82. The summed E-state index contributed by atoms with van der Waals surface area (Å²) >= 11 is 0. The standard InChI is InChI=1S/C21H29N5O/c27-21-6-5-20(19-7-9-22-10-8-19)23-26(21)16-15-24-11-13-25(14-12-24)17-18-3-1-2-4-18/h5-10,18H,1-4,11-17H2. The number of rotatable bonds is 6. The van der Waals surface area contributed by atoms with Crippen molar-refractivity contribution in [1.29, 1.82) is 0 Å². The molecule has 0 atom stereocenters. The summed E-state index contributed by atoms with van der Waals surface area (Å²) in [7, 11) is 0. The highest BCUT2D eigenvalue weighted by molar-refractivity contribution is 5.56. The van der Waals surface area contributed by atoms with Gasteiger partial charge in [0.1, 0.15) is 0 Å². The van der Waals surface area contributed by atoms with Gasteiger partial charge >= 0.3 is 0 Å². The highest BCUT2D eigenvalue weighted by atomic mass is 16.1. The second-order valence-corrected chi connectivity index (χ2v) is 7.81. The maximum Gasteiger partial charge on any atom is 0.266 e. The number of aromatic nitrogens is 3. The van der Waals surface area contributed by atoms with Crippen LogP contribution in [0.4, 0.5) is 0 Å². The SMILES string of the molecule is O=c1ccc(-c2ccncc2)nn1CCN1CCN(CC2CCCC2)CC1. The van der Waals surface area contributed by atoms with Crippen molar-refractivity contribution in [3.8, 4) is 11.3 Å². The largest absolute Gasteiger partial charge is 0.301 e. The van der Waals surface area contributed by atoms with E-state index in [1.54, 1.807) is 29.2 Å². The molecule has 1 aliphatic heterocycles. The zero-order chi connectivity index (χ0) is 18.5. The van der Waals surface area contributed by atoms with Gasteiger partial charge in [0.15, 0.2) is 0 Å². The molecule has 1 saturated heterocycles. The smallest absolute Gasteiger partial charge is 0.266 e. The molecule has 0 spiro atoms. The van der Waals surface area contributed by atoms with Crippen LogP contribution in [-0.2, 0) is 6.54 Å². The lowest BCUT2D eigenvalue weighted by atomic mass is 10.1. The molecular weight excluding hydrogens is 338 g/mol. The van der Waals surface area contributed by atoms with Crippen LogP contribution in [-0.4, -0.2) is 63.8 Å². The lowest BCUT2D eigenvalue weighted by Crippen LogP contribution is -2.48. The van der Waals surface area contributed by atoms with Crippen molar-refractivity contribution in [2.24, 2.45) is 5.92 Å². The average molecular weight is 367 g/mol. The van der Waals surface area contributed by atoms with Gasteiger partial charge in [0.2, 0.25) is 0 Å². The normalized spacial score (nSPS) is 19.6. The summed E-state index contributed by atoms with van der Waals surface area (Å²) in [5.41, 5.74) is 1.77. The molecule has 2 aromatic rings. The van der Waals surface area contributed by atoms with Crippen molar-refractivity contribution in [2.45, 2.75) is 32.2 Å². The Morgan fingerprint density at radius 3 is 2.33 bits per heavy atom. The van der Waals surface area contributed by atoms with Crippen molar-refractivity contribution in [3.63, 3.8) is 0 Å². The summed E-state index contributed by atoms with van der Waals surface area (Å²) in [4.78, 5) is 21.3. The molecule has 0 aromatic carbocycles. The Labute approximate surface area is 160 Å². The number of nitrogens with zero attached hydrogens (tertiary/aromatic N) is 5. The first kappa shape index (κ1) is 18.3. The highest BCUT2D eigenvalue weighted by Crippen LogP contribution is 2.25. The van der Waals surface area contributed by atoms with E-state index in [2.05, 4.69) is 19.9 Å². The molecule has 0 amide bonds. The van der Waals surface area contributed by atoms with Gasteiger partial charge in [-0.1, -0.05) is 12.8 Å². The van der Waals surface area contributed by atoms with E-state index in [0.717, 1.165) is 49.9 Å². The average Bonchev–Trinajstić information content (AvgIpc) is 3.22. The molecule has 6 nitrogen and oxygen atoms in total. The third-order valence-corrected chi connectivity index (χ3v) is 5.93. The molecular formula is C21H29N5O. The number of hydrogen-bond donors (Lipinski definition) is 0. The van der Waals surface area contributed by atoms with Crippen molar-refractivity contribution in [2.75, 3.05) is 39.3 Å². The van der Waals surface area contributed by atoms with Gasteiger partial charge in [-0.2, -0.15) is 5.10 Å². The van der Waals surface area contributed by atoms with Crippen LogP contribution in [0.5, 0.6) is 0 Å². The quantitative estimate of drug-likeness (QED) is 0.783. The molecule has 6 heteroatoms. The molecule has 0 radical (unpaired) electrons. The molecule has 0 N–H and O–H groups in total. The molecule has 2 aromatic heterocycles. The van der Waals surface area contributed by atoms with Crippen molar-refractivity contribution < 1.29 is 0 Å². The maximum atomic E-state index is 12.2. The van der Waals surface area contributed by atoms with Gasteiger partial charge in [-0.15, -0.1) is 0 Å². The van der Waals surface area contributed by atoms with Crippen LogP contribution in [0.15, 0.2) is 41.5 Å². The third-order valence-electron chi connectivity index (χ3n) is 5.93. The van der Waals surface area contributed by atoms with Gasteiger partial charge in [-0.3, -0.25) is 14.7 Å². The molecule has 0 unspecified atom stereocenters. The second kappa shape index (κ2) is 8.76. The van der Waals surface area contributed by atoms with E-state index in [0.29, 0.717) is 6.54 Å². The van der Waals surface area contributed by atoms with E-state index in [-0.39, 0.29) is 5.56 Å². The zero-order valence-corrected chi connectivity index (χ0v) is 16.0. The van der Waals surface area contributed by atoms with Crippen LogP contribution in [0.3, 0.4) is 0 Å². The fraction of sp³-hybridized carbons (Fsp3) is 0.571. The topological polar surface area (TPSA) is 54.3 Å². The number of pyridine rings is 1. The minimum atomic E-state index is -0.0346. The Kier molecular flexibility index (Phi) is 5.94. The van der Waals surface area contributed by atoms with Gasteiger partial charge in [-0.25, -0.2) is 4.68 Å². The summed E-state index contributed by atoms with van der Waals surface area (Å²) in [6.07, 6.45) is 9.18. The Hall–Kier alpha value is -2.05. The lowest BCUT2D eigenvalue weighted by molar-refractivity contribution is 0.114. The fourth-order valence-corrected chi connectivity index (χ4v) is 4.28. The molecule has 1 saturated carbocycles. The fourth-order valence-electron chi connectivity index (χ4n) is 4.28. The van der Waals surface area contributed by atoms with Gasteiger partial charge in [-0.05, 0) is 37.0 Å². The lowest BCUT2D eigenvalue weighted by Gasteiger charge is -2.35. The van der Waals surface area contributed by atoms with Crippen LogP contribution in [0.1, 0.15) is 25.7 Å². The van der Waals surface area contributed by atoms with Crippen molar-refractivity contribution in [3.05, 3.63) is 47.0 Å². The first-order valence-corrected chi connectivity index (χ1v) is 10.2. The Morgan fingerprint density at radius 2 is 1.59 bits per heavy atom. The molecule has 3 heterocycles. The van der Waals surface area contributed by atoms with E-state index in [1.165, 1.54) is 32.2 Å². The van der Waals surface area contributed by atoms with Crippen LogP contribution >= 0.6 is 0 Å². The van der Waals surface area contributed by atoms with Crippen LogP contribution in [0.25, 0.3) is 11.3 Å². The van der Waals surface area contributed by atoms with Gasteiger partial charge in [0.25, 0.3) is 5.56 Å².